The summed E-state index contributed by atoms with van der Waals surface area (Å²) in [5.41, 5.74) is 0.828. The van der Waals surface area contributed by atoms with Crippen LogP contribution in [0.3, 0.4) is 0 Å². The molecule has 116 valence electrons. The van der Waals surface area contributed by atoms with Crippen LogP contribution in [0.15, 0.2) is 54.6 Å². The molecule has 0 saturated heterocycles. The van der Waals surface area contributed by atoms with E-state index in [1.807, 2.05) is 0 Å². The first kappa shape index (κ1) is 12.5. The third-order valence-corrected chi connectivity index (χ3v) is 3.19. The number of hydroxylamine groups is 2. The number of carbonyl (C=O) groups is 3. The Hall–Kier alpha value is -2.99. The molecule has 0 spiro atoms. The number of ether oxygens (including phenoxy) is 1. The van der Waals surface area contributed by atoms with Crippen molar-refractivity contribution in [2.75, 3.05) is 6.56 Å². The molecule has 1 heterocycles. The molecular formula is C17H13NO5. The second-order valence-electron chi connectivity index (χ2n) is 4.71. The topological polar surface area (TPSA) is 72.9 Å². The highest BCUT2D eigenvalue weighted by Crippen LogP contribution is 2.22. The molecule has 6 nitrogen and oxygen atoms in total. The van der Waals surface area contributed by atoms with Crippen LogP contribution in [0.4, 0.5) is 0 Å². The van der Waals surface area contributed by atoms with E-state index in [9.17, 15) is 14.4 Å². The lowest BCUT2D eigenvalue weighted by atomic mass is 10.1. The SMILES string of the molecule is [2H]C([2H])(ON1C(=O)c2ccccc2C1=O)C(=O)OCc1ccccc1. The third kappa shape index (κ3) is 3.12. The number of benzene rings is 2. The largest absolute Gasteiger partial charge is 0.459 e. The first-order valence-electron chi connectivity index (χ1n) is 7.78. The Labute approximate surface area is 135 Å². The maximum atomic E-state index is 12.1. The van der Waals surface area contributed by atoms with Gasteiger partial charge in [0.25, 0.3) is 11.8 Å². The molecule has 1 aliphatic heterocycles. The van der Waals surface area contributed by atoms with E-state index in [4.69, 9.17) is 12.3 Å². The highest BCUT2D eigenvalue weighted by atomic mass is 16.7. The zero-order valence-corrected chi connectivity index (χ0v) is 11.9. The summed E-state index contributed by atoms with van der Waals surface area (Å²) in [6.07, 6.45) is 0. The first-order chi connectivity index (χ1) is 11.9. The third-order valence-electron chi connectivity index (χ3n) is 3.19. The number of amides is 2. The Morgan fingerprint density at radius 2 is 1.52 bits per heavy atom. The van der Waals surface area contributed by atoms with Crippen LogP contribution >= 0.6 is 0 Å². The molecule has 0 aromatic heterocycles. The molecule has 3 rings (SSSR count). The van der Waals surface area contributed by atoms with Crippen molar-refractivity contribution in [3.63, 3.8) is 0 Å². The van der Waals surface area contributed by atoms with Crippen LogP contribution < -0.4 is 0 Å². The van der Waals surface area contributed by atoms with Crippen molar-refractivity contribution in [1.82, 2.24) is 5.06 Å². The van der Waals surface area contributed by atoms with E-state index in [2.05, 4.69) is 0 Å². The minimum Gasteiger partial charge on any atom is -0.459 e. The Kier molecular flexibility index (Phi) is 3.50. The Morgan fingerprint density at radius 3 is 2.13 bits per heavy atom. The second kappa shape index (κ2) is 6.41. The predicted molar refractivity (Wildman–Crippen MR) is 79.1 cm³/mol. The van der Waals surface area contributed by atoms with Crippen molar-refractivity contribution in [1.29, 1.82) is 0 Å². The van der Waals surface area contributed by atoms with Crippen molar-refractivity contribution < 1.29 is 26.7 Å². The molecule has 2 aromatic rings. The fraction of sp³-hybridized carbons (Fsp3) is 0.118. The van der Waals surface area contributed by atoms with Crippen molar-refractivity contribution in [3.8, 4) is 0 Å². The smallest absolute Gasteiger partial charge is 0.335 e. The van der Waals surface area contributed by atoms with Gasteiger partial charge in [0, 0.05) is 0 Å². The maximum Gasteiger partial charge on any atom is 0.335 e. The highest BCUT2D eigenvalue weighted by molar-refractivity contribution is 6.20. The Morgan fingerprint density at radius 1 is 0.957 bits per heavy atom. The zero-order chi connectivity index (χ0) is 18.0. The molecule has 0 aliphatic carbocycles. The average molecular weight is 313 g/mol. The van der Waals surface area contributed by atoms with Crippen LogP contribution in [0.5, 0.6) is 0 Å². The predicted octanol–water partition coefficient (Wildman–Crippen LogP) is 1.96. The van der Waals surface area contributed by atoms with Gasteiger partial charge >= 0.3 is 5.97 Å². The Balaban J connectivity index is 1.68. The van der Waals surface area contributed by atoms with Crippen molar-refractivity contribution in [3.05, 3.63) is 71.3 Å². The van der Waals surface area contributed by atoms with Crippen LogP contribution in [0, 0.1) is 0 Å². The van der Waals surface area contributed by atoms with Gasteiger partial charge in [0.05, 0.1) is 13.9 Å². The van der Waals surface area contributed by atoms with Gasteiger partial charge in [-0.2, -0.15) is 0 Å². The molecule has 0 bridgehead atoms. The summed E-state index contributed by atoms with van der Waals surface area (Å²) in [4.78, 5) is 41.0. The molecule has 0 unspecified atom stereocenters. The van der Waals surface area contributed by atoms with E-state index in [0.717, 1.165) is 0 Å². The minimum atomic E-state index is -3.00. The molecule has 6 heteroatoms. The molecule has 2 amide bonds. The summed E-state index contributed by atoms with van der Waals surface area (Å²) in [6, 6.07) is 14.6. The van der Waals surface area contributed by atoms with Crippen LogP contribution in [0.2, 0.25) is 0 Å². The van der Waals surface area contributed by atoms with Gasteiger partial charge in [-0.3, -0.25) is 14.4 Å². The quantitative estimate of drug-likeness (QED) is 0.623. The van der Waals surface area contributed by atoms with E-state index in [-0.39, 0.29) is 22.8 Å². The lowest BCUT2D eigenvalue weighted by Gasteiger charge is -2.12. The van der Waals surface area contributed by atoms with Gasteiger partial charge < -0.3 is 4.74 Å². The van der Waals surface area contributed by atoms with E-state index in [1.54, 1.807) is 42.5 Å². The maximum absolute atomic E-state index is 12.1. The molecule has 0 radical (unpaired) electrons. The minimum absolute atomic E-state index is 0.0842. The van der Waals surface area contributed by atoms with Gasteiger partial charge in [-0.1, -0.05) is 42.5 Å². The van der Waals surface area contributed by atoms with Crippen LogP contribution in [-0.2, 0) is 21.0 Å². The number of carbonyl (C=O) groups excluding carboxylic acids is 3. The highest BCUT2D eigenvalue weighted by Gasteiger charge is 2.36. The summed E-state index contributed by atoms with van der Waals surface area (Å²) < 4.78 is 20.2. The zero-order valence-electron chi connectivity index (χ0n) is 13.9. The van der Waals surface area contributed by atoms with Crippen molar-refractivity contribution in [2.24, 2.45) is 0 Å². The van der Waals surface area contributed by atoms with Gasteiger partial charge in [0.1, 0.15) is 6.61 Å². The molecule has 0 N–H and O–H groups in total. The van der Waals surface area contributed by atoms with Gasteiger partial charge in [-0.25, -0.2) is 4.79 Å². The number of rotatable bonds is 5. The molecule has 1 aliphatic rings. The van der Waals surface area contributed by atoms with Gasteiger partial charge in [0.15, 0.2) is 6.56 Å². The van der Waals surface area contributed by atoms with Crippen LogP contribution in [0.1, 0.15) is 29.0 Å². The number of hydrogen-bond acceptors (Lipinski definition) is 5. The van der Waals surface area contributed by atoms with E-state index in [0.29, 0.717) is 5.56 Å². The number of imide groups is 1. The number of esters is 1. The molecular weight excluding hydrogens is 298 g/mol. The van der Waals surface area contributed by atoms with Crippen LogP contribution in [0.25, 0.3) is 0 Å². The number of hydrogen-bond donors (Lipinski definition) is 0. The van der Waals surface area contributed by atoms with Crippen molar-refractivity contribution in [2.45, 2.75) is 6.61 Å². The molecule has 2 aromatic carbocycles. The molecule has 0 fully saturated rings. The molecule has 0 atom stereocenters. The summed E-state index contributed by atoms with van der Waals surface area (Å²) >= 11 is 0. The normalized spacial score (nSPS) is 15.0. The van der Waals surface area contributed by atoms with Gasteiger partial charge in [0.2, 0.25) is 0 Å². The number of nitrogens with zero attached hydrogens (tertiary/aromatic N) is 1. The standard InChI is InChI=1S/C17H13NO5/c19-15(22-10-12-6-2-1-3-7-12)11-23-18-16(20)13-8-4-5-9-14(13)17(18)21/h1-9H,10-11H2/i11D2. The fourth-order valence-electron chi connectivity index (χ4n) is 2.09. The monoisotopic (exact) mass is 313 g/mol. The summed E-state index contributed by atoms with van der Waals surface area (Å²) in [5.74, 6) is -3.01. The summed E-state index contributed by atoms with van der Waals surface area (Å²) in [7, 11) is 0. The first-order valence-corrected chi connectivity index (χ1v) is 6.78. The lowest BCUT2D eigenvalue weighted by Crippen LogP contribution is -2.32. The second-order valence-corrected chi connectivity index (χ2v) is 4.71. The average Bonchev–Trinajstić information content (AvgIpc) is 2.85. The Bertz CT molecular complexity index is 803. The van der Waals surface area contributed by atoms with Gasteiger partial charge in [-0.05, 0) is 17.7 Å². The number of fused-ring (bicyclic) bond motifs is 1. The fourth-order valence-corrected chi connectivity index (χ4v) is 2.09. The lowest BCUT2D eigenvalue weighted by molar-refractivity contribution is -0.162. The summed E-state index contributed by atoms with van der Waals surface area (Å²) in [5, 5.41) is 0.244. The van der Waals surface area contributed by atoms with E-state index in [1.165, 1.54) is 12.1 Å². The molecule has 0 saturated carbocycles. The summed E-state index contributed by atoms with van der Waals surface area (Å²) in [6.45, 7) is -3.16. The molecule has 23 heavy (non-hydrogen) atoms. The van der Waals surface area contributed by atoms with E-state index < -0.39 is 24.3 Å². The van der Waals surface area contributed by atoms with Crippen molar-refractivity contribution >= 4 is 17.8 Å². The van der Waals surface area contributed by atoms with E-state index >= 15 is 0 Å². The van der Waals surface area contributed by atoms with Crippen LogP contribution in [-0.4, -0.2) is 29.4 Å². The van der Waals surface area contributed by atoms with Gasteiger partial charge in [-0.15, -0.1) is 5.06 Å².